The number of halogens is 3. The van der Waals surface area contributed by atoms with Gasteiger partial charge in [0.15, 0.2) is 0 Å². The number of alkyl halides is 3. The number of ether oxygens (including phenoxy) is 2. The summed E-state index contributed by atoms with van der Waals surface area (Å²) in [6.07, 6.45) is -4.91. The van der Waals surface area contributed by atoms with Crippen molar-refractivity contribution in [3.63, 3.8) is 0 Å². The van der Waals surface area contributed by atoms with Crippen molar-refractivity contribution in [1.82, 2.24) is 4.98 Å². The standard InChI is InChI=1S/C12H17F3N2O2/c1-3-18-7-8(2)19-11-9(6-16)4-5-10(17-11)12(13,14)15/h4-5,8H,3,6-7,16H2,1-2H3. The minimum absolute atomic E-state index is 0.0574. The molecule has 0 bridgehead atoms. The highest BCUT2D eigenvalue weighted by Gasteiger charge is 2.33. The number of hydrogen-bond donors (Lipinski definition) is 1. The summed E-state index contributed by atoms with van der Waals surface area (Å²) in [4.78, 5) is 3.48. The van der Waals surface area contributed by atoms with E-state index in [0.717, 1.165) is 6.07 Å². The van der Waals surface area contributed by atoms with E-state index in [0.29, 0.717) is 12.2 Å². The van der Waals surface area contributed by atoms with Crippen LogP contribution in [0.5, 0.6) is 5.88 Å². The predicted molar refractivity (Wildman–Crippen MR) is 63.7 cm³/mol. The summed E-state index contributed by atoms with van der Waals surface area (Å²) in [6.45, 7) is 4.35. The number of nitrogens with zero attached hydrogens (tertiary/aromatic N) is 1. The van der Waals surface area contributed by atoms with Gasteiger partial charge in [0.1, 0.15) is 11.8 Å². The third-order valence-electron chi connectivity index (χ3n) is 2.32. The van der Waals surface area contributed by atoms with Crippen LogP contribution in [-0.4, -0.2) is 24.3 Å². The summed E-state index contributed by atoms with van der Waals surface area (Å²) in [5.41, 5.74) is 4.88. The van der Waals surface area contributed by atoms with Crippen LogP contribution in [0, 0.1) is 0 Å². The molecule has 1 rings (SSSR count). The quantitative estimate of drug-likeness (QED) is 0.868. The summed E-state index contributed by atoms with van der Waals surface area (Å²) in [5, 5.41) is 0. The largest absolute Gasteiger partial charge is 0.472 e. The Balaban J connectivity index is 2.90. The molecule has 1 unspecified atom stereocenters. The molecule has 0 fully saturated rings. The van der Waals surface area contributed by atoms with Gasteiger partial charge in [0.2, 0.25) is 5.88 Å². The Morgan fingerprint density at radius 2 is 2.05 bits per heavy atom. The van der Waals surface area contributed by atoms with E-state index < -0.39 is 18.0 Å². The Labute approximate surface area is 109 Å². The first-order valence-corrected chi connectivity index (χ1v) is 5.90. The highest BCUT2D eigenvalue weighted by Crippen LogP contribution is 2.30. The van der Waals surface area contributed by atoms with E-state index in [4.69, 9.17) is 15.2 Å². The summed E-state index contributed by atoms with van der Waals surface area (Å²) >= 11 is 0. The second-order valence-electron chi connectivity index (χ2n) is 3.95. The number of pyridine rings is 1. The zero-order valence-corrected chi connectivity index (χ0v) is 10.8. The van der Waals surface area contributed by atoms with Crippen LogP contribution in [0.25, 0.3) is 0 Å². The molecule has 0 spiro atoms. The van der Waals surface area contributed by atoms with Crippen molar-refractivity contribution in [2.45, 2.75) is 32.7 Å². The number of nitrogens with two attached hydrogens (primary N) is 1. The fraction of sp³-hybridized carbons (Fsp3) is 0.583. The van der Waals surface area contributed by atoms with E-state index in [9.17, 15) is 13.2 Å². The predicted octanol–water partition coefficient (Wildman–Crippen LogP) is 2.36. The summed E-state index contributed by atoms with van der Waals surface area (Å²) in [6, 6.07) is 2.17. The summed E-state index contributed by atoms with van der Waals surface area (Å²) in [7, 11) is 0. The van der Waals surface area contributed by atoms with Crippen molar-refractivity contribution >= 4 is 0 Å². The molecule has 2 N–H and O–H groups in total. The monoisotopic (exact) mass is 278 g/mol. The number of aromatic nitrogens is 1. The van der Waals surface area contributed by atoms with Crippen LogP contribution in [0.15, 0.2) is 12.1 Å². The molecule has 1 aromatic heterocycles. The van der Waals surface area contributed by atoms with Gasteiger partial charge < -0.3 is 15.2 Å². The average molecular weight is 278 g/mol. The average Bonchev–Trinajstić information content (AvgIpc) is 2.35. The van der Waals surface area contributed by atoms with E-state index in [2.05, 4.69) is 4.98 Å². The van der Waals surface area contributed by atoms with Crippen LogP contribution in [0.2, 0.25) is 0 Å². The van der Waals surface area contributed by atoms with Gasteiger partial charge in [0.25, 0.3) is 0 Å². The van der Waals surface area contributed by atoms with Gasteiger partial charge in [-0.05, 0) is 19.9 Å². The van der Waals surface area contributed by atoms with Gasteiger partial charge in [-0.25, -0.2) is 4.98 Å². The minimum Gasteiger partial charge on any atom is -0.472 e. The lowest BCUT2D eigenvalue weighted by atomic mass is 10.2. The van der Waals surface area contributed by atoms with Gasteiger partial charge in [-0.1, -0.05) is 6.07 Å². The molecule has 0 saturated heterocycles. The van der Waals surface area contributed by atoms with Crippen molar-refractivity contribution in [2.75, 3.05) is 13.2 Å². The molecule has 0 radical (unpaired) electrons. The van der Waals surface area contributed by atoms with Crippen molar-refractivity contribution < 1.29 is 22.6 Å². The lowest BCUT2D eigenvalue weighted by Crippen LogP contribution is -2.22. The molecule has 0 aromatic carbocycles. The van der Waals surface area contributed by atoms with Crippen LogP contribution >= 0.6 is 0 Å². The maximum absolute atomic E-state index is 12.6. The Morgan fingerprint density at radius 1 is 1.37 bits per heavy atom. The molecule has 0 amide bonds. The molecule has 1 aromatic rings. The van der Waals surface area contributed by atoms with Gasteiger partial charge in [0.05, 0.1) is 6.61 Å². The molecule has 1 heterocycles. The zero-order chi connectivity index (χ0) is 14.5. The maximum Gasteiger partial charge on any atom is 0.433 e. The Hall–Kier alpha value is -1.34. The van der Waals surface area contributed by atoms with Gasteiger partial charge in [-0.15, -0.1) is 0 Å². The molecule has 0 saturated carbocycles. The Kier molecular flexibility index (Phi) is 5.56. The molecule has 19 heavy (non-hydrogen) atoms. The van der Waals surface area contributed by atoms with Crippen LogP contribution in [-0.2, 0) is 17.5 Å². The molecule has 0 aliphatic rings. The molecule has 4 nitrogen and oxygen atoms in total. The fourth-order valence-electron chi connectivity index (χ4n) is 1.39. The second-order valence-corrected chi connectivity index (χ2v) is 3.95. The second kappa shape index (κ2) is 6.72. The SMILES string of the molecule is CCOCC(C)Oc1nc(C(F)(F)F)ccc1CN. The summed E-state index contributed by atoms with van der Waals surface area (Å²) < 4.78 is 48.2. The molecule has 1 atom stereocenters. The van der Waals surface area contributed by atoms with Gasteiger partial charge in [0, 0.05) is 18.7 Å². The lowest BCUT2D eigenvalue weighted by Gasteiger charge is -2.17. The molecule has 108 valence electrons. The Bertz CT molecular complexity index is 410. The first-order chi connectivity index (χ1) is 8.88. The van der Waals surface area contributed by atoms with Gasteiger partial charge >= 0.3 is 6.18 Å². The van der Waals surface area contributed by atoms with E-state index in [-0.39, 0.29) is 19.0 Å². The van der Waals surface area contributed by atoms with Crippen LogP contribution in [0.1, 0.15) is 25.1 Å². The third-order valence-corrected chi connectivity index (χ3v) is 2.32. The Morgan fingerprint density at radius 3 is 2.58 bits per heavy atom. The van der Waals surface area contributed by atoms with Crippen molar-refractivity contribution in [2.24, 2.45) is 5.73 Å². The van der Waals surface area contributed by atoms with Crippen LogP contribution in [0.3, 0.4) is 0 Å². The van der Waals surface area contributed by atoms with E-state index >= 15 is 0 Å². The van der Waals surface area contributed by atoms with Crippen LogP contribution < -0.4 is 10.5 Å². The third kappa shape index (κ3) is 4.68. The highest BCUT2D eigenvalue weighted by atomic mass is 19.4. The molecule has 0 aliphatic carbocycles. The molecular weight excluding hydrogens is 261 g/mol. The van der Waals surface area contributed by atoms with Crippen molar-refractivity contribution in [3.8, 4) is 5.88 Å². The maximum atomic E-state index is 12.6. The molecule has 0 aliphatic heterocycles. The number of hydrogen-bond acceptors (Lipinski definition) is 4. The fourth-order valence-corrected chi connectivity index (χ4v) is 1.39. The van der Waals surface area contributed by atoms with Gasteiger partial charge in [-0.3, -0.25) is 0 Å². The van der Waals surface area contributed by atoms with Gasteiger partial charge in [-0.2, -0.15) is 13.2 Å². The van der Waals surface area contributed by atoms with Crippen molar-refractivity contribution in [1.29, 1.82) is 0 Å². The van der Waals surface area contributed by atoms with E-state index in [1.54, 1.807) is 6.92 Å². The topological polar surface area (TPSA) is 57.4 Å². The molecular formula is C12H17F3N2O2. The molecule has 7 heteroatoms. The smallest absolute Gasteiger partial charge is 0.433 e. The zero-order valence-electron chi connectivity index (χ0n) is 10.8. The van der Waals surface area contributed by atoms with Crippen molar-refractivity contribution in [3.05, 3.63) is 23.4 Å². The van der Waals surface area contributed by atoms with E-state index in [1.165, 1.54) is 6.07 Å². The highest BCUT2D eigenvalue weighted by molar-refractivity contribution is 5.29. The number of rotatable bonds is 6. The summed E-state index contributed by atoms with van der Waals surface area (Å²) in [5.74, 6) is -0.0930. The minimum atomic E-state index is -4.51. The van der Waals surface area contributed by atoms with Crippen LogP contribution in [0.4, 0.5) is 13.2 Å². The normalized spacial score (nSPS) is 13.4. The first-order valence-electron chi connectivity index (χ1n) is 5.90. The lowest BCUT2D eigenvalue weighted by molar-refractivity contribution is -0.141. The first kappa shape index (κ1) is 15.7. The van der Waals surface area contributed by atoms with E-state index in [1.807, 2.05) is 6.92 Å².